The molecule has 4 amide bonds. The van der Waals surface area contributed by atoms with E-state index in [1.165, 1.54) is 4.90 Å². The molecule has 0 radical (unpaired) electrons. The molecule has 10 heteroatoms. The number of aromatic hydroxyl groups is 1. The Morgan fingerprint density at radius 2 is 1.69 bits per heavy atom. The van der Waals surface area contributed by atoms with Crippen LogP contribution in [0, 0.1) is 6.92 Å². The highest BCUT2D eigenvalue weighted by Gasteiger charge is 2.41. The van der Waals surface area contributed by atoms with Crippen LogP contribution in [0.15, 0.2) is 18.2 Å². The van der Waals surface area contributed by atoms with Crippen LogP contribution in [0.1, 0.15) is 85.4 Å². The summed E-state index contributed by atoms with van der Waals surface area (Å²) in [5, 5.41) is 16.2. The topological polar surface area (TPSA) is 151 Å². The summed E-state index contributed by atoms with van der Waals surface area (Å²) in [6.07, 6.45) is -0.952. The fraction of sp³-hybridized carbons (Fsp3) is 0.615. The Morgan fingerprint density at radius 1 is 1.11 bits per heavy atom. The zero-order chi connectivity index (χ0) is 28.0. The Labute approximate surface area is 213 Å². The quantitative estimate of drug-likeness (QED) is 0.404. The van der Waals surface area contributed by atoms with Gasteiger partial charge < -0.3 is 31.1 Å². The second-order valence-electron chi connectivity index (χ2n) is 11.0. The molecule has 0 fully saturated rings. The van der Waals surface area contributed by atoms with Gasteiger partial charge in [-0.2, -0.15) is 0 Å². The normalized spacial score (nSPS) is 14.2. The smallest absolute Gasteiger partial charge is 0.408 e. The molecule has 3 atom stereocenters. The number of benzene rings is 1. The van der Waals surface area contributed by atoms with E-state index in [0.29, 0.717) is 12.0 Å². The van der Waals surface area contributed by atoms with Crippen molar-refractivity contribution in [2.45, 2.75) is 104 Å². The van der Waals surface area contributed by atoms with E-state index in [-0.39, 0.29) is 11.3 Å². The number of carbonyl (C=O) groups is 4. The second kappa shape index (κ2) is 12.1. The summed E-state index contributed by atoms with van der Waals surface area (Å²) in [5.74, 6) is -2.17. The lowest BCUT2D eigenvalue weighted by Gasteiger charge is -2.39. The first-order valence-corrected chi connectivity index (χ1v) is 12.1. The maximum absolute atomic E-state index is 13.9. The average Bonchev–Trinajstić information content (AvgIpc) is 2.69. The predicted octanol–water partition coefficient (Wildman–Crippen LogP) is 3.05. The minimum absolute atomic E-state index is 0.126. The number of nitrogens with zero attached hydrogens (tertiary/aromatic N) is 1. The van der Waals surface area contributed by atoms with Crippen molar-refractivity contribution >= 4 is 23.8 Å². The largest absolute Gasteiger partial charge is 0.507 e. The van der Waals surface area contributed by atoms with Crippen LogP contribution in [0.4, 0.5) is 4.79 Å². The number of alkyl carbamates (subject to hydrolysis) is 1. The lowest BCUT2D eigenvalue weighted by molar-refractivity contribution is -0.146. The Morgan fingerprint density at radius 3 is 2.17 bits per heavy atom. The third-order valence-electron chi connectivity index (χ3n) is 5.30. The van der Waals surface area contributed by atoms with Gasteiger partial charge >= 0.3 is 6.09 Å². The highest BCUT2D eigenvalue weighted by atomic mass is 16.6. The molecular weight excluding hydrogens is 464 g/mol. The van der Waals surface area contributed by atoms with Crippen molar-refractivity contribution in [1.82, 2.24) is 15.5 Å². The number of rotatable bonds is 9. The molecule has 202 valence electrons. The number of phenols is 1. The summed E-state index contributed by atoms with van der Waals surface area (Å²) in [4.78, 5) is 53.2. The molecule has 0 aliphatic heterocycles. The first-order valence-electron chi connectivity index (χ1n) is 12.1. The van der Waals surface area contributed by atoms with Crippen LogP contribution in [-0.2, 0) is 19.1 Å². The SMILES string of the molecule is CCC(C)N(C(=O)C(CC(N)=O)NC(=O)OC(C)(C)C)C(C(=O)NC(C)(C)C)c1cccc(C)c1O. The molecule has 36 heavy (non-hydrogen) atoms. The third-order valence-corrected chi connectivity index (χ3v) is 5.30. The van der Waals surface area contributed by atoms with Gasteiger partial charge in [-0.3, -0.25) is 14.4 Å². The van der Waals surface area contributed by atoms with Crippen molar-refractivity contribution in [3.05, 3.63) is 29.3 Å². The van der Waals surface area contributed by atoms with E-state index in [4.69, 9.17) is 10.5 Å². The van der Waals surface area contributed by atoms with Crippen LogP contribution in [0.2, 0.25) is 0 Å². The molecule has 0 heterocycles. The van der Waals surface area contributed by atoms with E-state index < -0.39 is 59.5 Å². The van der Waals surface area contributed by atoms with Crippen molar-refractivity contribution < 1.29 is 29.0 Å². The first kappa shape index (κ1) is 30.7. The molecule has 0 saturated heterocycles. The van der Waals surface area contributed by atoms with Gasteiger partial charge in [0, 0.05) is 17.1 Å². The van der Waals surface area contributed by atoms with E-state index in [2.05, 4.69) is 10.6 Å². The van der Waals surface area contributed by atoms with E-state index in [0.717, 1.165) is 0 Å². The van der Waals surface area contributed by atoms with Gasteiger partial charge in [-0.05, 0) is 67.4 Å². The second-order valence-corrected chi connectivity index (χ2v) is 11.0. The maximum atomic E-state index is 13.9. The van der Waals surface area contributed by atoms with Crippen LogP contribution < -0.4 is 16.4 Å². The number of para-hydroxylation sites is 1. The average molecular weight is 507 g/mol. The van der Waals surface area contributed by atoms with Crippen molar-refractivity contribution in [2.75, 3.05) is 0 Å². The molecule has 3 unspecified atom stereocenters. The Kier molecular flexibility index (Phi) is 10.3. The predicted molar refractivity (Wildman–Crippen MR) is 137 cm³/mol. The molecule has 0 bridgehead atoms. The van der Waals surface area contributed by atoms with E-state index in [1.54, 1.807) is 73.6 Å². The van der Waals surface area contributed by atoms with Crippen LogP contribution in [0.5, 0.6) is 5.75 Å². The third kappa shape index (κ3) is 9.05. The molecular formula is C26H42N4O6. The van der Waals surface area contributed by atoms with Crippen LogP contribution in [-0.4, -0.2) is 57.0 Å². The van der Waals surface area contributed by atoms with Gasteiger partial charge in [0.1, 0.15) is 23.4 Å². The number of nitrogens with one attached hydrogen (secondary N) is 2. The molecule has 0 aliphatic carbocycles. The number of phenolic OH excluding ortho intramolecular Hbond substituents is 1. The minimum atomic E-state index is -1.39. The zero-order valence-corrected chi connectivity index (χ0v) is 22.9. The van der Waals surface area contributed by atoms with Crippen molar-refractivity contribution in [1.29, 1.82) is 0 Å². The lowest BCUT2D eigenvalue weighted by atomic mass is 9.96. The molecule has 10 nitrogen and oxygen atoms in total. The van der Waals surface area contributed by atoms with Gasteiger partial charge in [0.25, 0.3) is 0 Å². The standard InChI is InChI=1S/C26H42N4O6/c1-10-16(3)30(23(34)18(14-19(27)31)28-24(35)36-26(7,8)9)20(22(33)29-25(4,5)6)17-13-11-12-15(2)21(17)32/h11-13,16,18,20,32H,10,14H2,1-9H3,(H2,27,31)(H,28,35)(H,29,33). The van der Waals surface area contributed by atoms with E-state index >= 15 is 0 Å². The molecule has 5 N–H and O–H groups in total. The van der Waals surface area contributed by atoms with Crippen LogP contribution in [0.25, 0.3) is 0 Å². The van der Waals surface area contributed by atoms with Crippen LogP contribution >= 0.6 is 0 Å². The highest BCUT2D eigenvalue weighted by molar-refractivity contribution is 5.95. The number of ether oxygens (including phenoxy) is 1. The van der Waals surface area contributed by atoms with Crippen molar-refractivity contribution in [3.63, 3.8) is 0 Å². The maximum Gasteiger partial charge on any atom is 0.408 e. The van der Waals surface area contributed by atoms with E-state index in [9.17, 15) is 24.3 Å². The molecule has 0 saturated carbocycles. The fourth-order valence-electron chi connectivity index (χ4n) is 3.58. The number of primary amides is 1. The lowest BCUT2D eigenvalue weighted by Crippen LogP contribution is -2.57. The summed E-state index contributed by atoms with van der Waals surface area (Å²) in [6, 6.07) is 1.80. The van der Waals surface area contributed by atoms with Gasteiger partial charge in [0.2, 0.25) is 17.7 Å². The number of carbonyl (C=O) groups excluding carboxylic acids is 4. The van der Waals surface area contributed by atoms with Gasteiger partial charge in [-0.15, -0.1) is 0 Å². The number of amides is 4. The summed E-state index contributed by atoms with van der Waals surface area (Å²) < 4.78 is 5.27. The molecule has 1 aromatic rings. The Bertz CT molecular complexity index is 964. The van der Waals surface area contributed by atoms with Crippen molar-refractivity contribution in [2.24, 2.45) is 5.73 Å². The van der Waals surface area contributed by atoms with Crippen molar-refractivity contribution in [3.8, 4) is 5.75 Å². The molecule has 1 aromatic carbocycles. The summed E-state index contributed by atoms with van der Waals surface area (Å²) in [6.45, 7) is 15.7. The zero-order valence-electron chi connectivity index (χ0n) is 22.9. The van der Waals surface area contributed by atoms with Gasteiger partial charge in [0.05, 0.1) is 6.42 Å². The van der Waals surface area contributed by atoms with Gasteiger partial charge in [-0.1, -0.05) is 25.1 Å². The Hall–Kier alpha value is -3.30. The van der Waals surface area contributed by atoms with Crippen LogP contribution in [0.3, 0.4) is 0 Å². The van der Waals surface area contributed by atoms with Gasteiger partial charge in [0.15, 0.2) is 0 Å². The van der Waals surface area contributed by atoms with E-state index in [1.807, 2.05) is 6.92 Å². The number of hydrogen-bond donors (Lipinski definition) is 4. The number of hydrogen-bond acceptors (Lipinski definition) is 6. The molecule has 1 rings (SSSR count). The first-order chi connectivity index (χ1) is 16.4. The summed E-state index contributed by atoms with van der Waals surface area (Å²) >= 11 is 0. The molecule has 0 aromatic heterocycles. The summed E-state index contributed by atoms with van der Waals surface area (Å²) in [5.41, 5.74) is 4.66. The number of nitrogens with two attached hydrogens (primary N) is 1. The van der Waals surface area contributed by atoms with Gasteiger partial charge in [-0.25, -0.2) is 4.79 Å². The fourth-order valence-corrected chi connectivity index (χ4v) is 3.58. The summed E-state index contributed by atoms with van der Waals surface area (Å²) in [7, 11) is 0. The molecule has 0 aliphatic rings. The monoisotopic (exact) mass is 506 g/mol. The highest BCUT2D eigenvalue weighted by Crippen LogP contribution is 2.34. The Balaban J connectivity index is 3.67. The minimum Gasteiger partial charge on any atom is -0.507 e. The molecule has 0 spiro atoms. The number of aryl methyl sites for hydroxylation is 1.